The molecule has 1 unspecified atom stereocenters. The number of anilines is 1. The molecule has 1 saturated heterocycles. The first-order valence-corrected chi connectivity index (χ1v) is 7.84. The van der Waals surface area contributed by atoms with E-state index in [0.717, 1.165) is 10.2 Å². The van der Waals surface area contributed by atoms with Crippen LogP contribution in [0.2, 0.25) is 0 Å². The Hall–Kier alpha value is -1.66. The fraction of sp³-hybridized carbons (Fsp3) is 0.467. The highest BCUT2D eigenvalue weighted by Crippen LogP contribution is 2.26. The van der Waals surface area contributed by atoms with E-state index in [9.17, 15) is 4.79 Å². The molecule has 3 rings (SSSR count). The molecule has 0 saturated carbocycles. The number of nitrogens with zero attached hydrogens (tertiary/aromatic N) is 2. The number of carbonyl (C=O) groups excluding carboxylic acids is 1. The number of para-hydroxylation sites is 1. The number of amides is 2. The minimum Gasteiger partial charge on any atom is -0.369 e. The standard InChI is InChI=1S/C15H19N3O2S/c1-10-8-18(9-15(2,3)20-10)14(19)17-13-16-11-6-4-5-7-12(11)21-13/h4-7,10H,8-9H2,1-3H3,(H,16,17,19). The van der Waals surface area contributed by atoms with Crippen LogP contribution < -0.4 is 5.32 Å². The Morgan fingerprint density at radius 2 is 2.24 bits per heavy atom. The van der Waals surface area contributed by atoms with Crippen molar-refractivity contribution in [2.75, 3.05) is 18.4 Å². The summed E-state index contributed by atoms with van der Waals surface area (Å²) >= 11 is 1.49. The van der Waals surface area contributed by atoms with Crippen LogP contribution in [0, 0.1) is 0 Å². The van der Waals surface area contributed by atoms with E-state index in [2.05, 4.69) is 10.3 Å². The van der Waals surface area contributed by atoms with Crippen LogP contribution in [-0.2, 0) is 4.74 Å². The van der Waals surface area contributed by atoms with Crippen LogP contribution in [0.3, 0.4) is 0 Å². The third-order valence-corrected chi connectivity index (χ3v) is 4.32. The fourth-order valence-corrected chi connectivity index (χ4v) is 3.56. The van der Waals surface area contributed by atoms with Crippen molar-refractivity contribution < 1.29 is 9.53 Å². The predicted octanol–water partition coefficient (Wildman–Crippen LogP) is 3.33. The molecule has 1 aromatic heterocycles. The molecule has 21 heavy (non-hydrogen) atoms. The van der Waals surface area contributed by atoms with Crippen molar-refractivity contribution in [3.8, 4) is 0 Å². The Morgan fingerprint density at radius 3 is 2.95 bits per heavy atom. The van der Waals surface area contributed by atoms with Gasteiger partial charge >= 0.3 is 6.03 Å². The van der Waals surface area contributed by atoms with E-state index in [1.807, 2.05) is 45.0 Å². The molecule has 1 atom stereocenters. The summed E-state index contributed by atoms with van der Waals surface area (Å²) in [7, 11) is 0. The predicted molar refractivity (Wildman–Crippen MR) is 84.8 cm³/mol. The number of fused-ring (bicyclic) bond motifs is 1. The summed E-state index contributed by atoms with van der Waals surface area (Å²) in [6.07, 6.45) is 0.0369. The number of hydrogen-bond acceptors (Lipinski definition) is 4. The molecule has 2 amide bonds. The van der Waals surface area contributed by atoms with Crippen LogP contribution in [0.4, 0.5) is 9.93 Å². The fourth-order valence-electron chi connectivity index (χ4n) is 2.70. The van der Waals surface area contributed by atoms with E-state index >= 15 is 0 Å². The van der Waals surface area contributed by atoms with Crippen LogP contribution in [0.25, 0.3) is 10.2 Å². The van der Waals surface area contributed by atoms with Gasteiger partial charge in [0, 0.05) is 6.54 Å². The van der Waals surface area contributed by atoms with Crippen molar-refractivity contribution in [2.45, 2.75) is 32.5 Å². The molecule has 2 heterocycles. The Morgan fingerprint density at radius 1 is 1.48 bits per heavy atom. The molecule has 1 aliphatic heterocycles. The minimum absolute atomic E-state index is 0.0369. The first kappa shape index (κ1) is 14.3. The van der Waals surface area contributed by atoms with Crippen LogP contribution in [0.5, 0.6) is 0 Å². The van der Waals surface area contributed by atoms with Crippen LogP contribution in [0.15, 0.2) is 24.3 Å². The number of morpholine rings is 1. The summed E-state index contributed by atoms with van der Waals surface area (Å²) in [5.41, 5.74) is 0.594. The number of rotatable bonds is 1. The third kappa shape index (κ3) is 3.16. The molecule has 1 aromatic carbocycles. The second-order valence-electron chi connectivity index (χ2n) is 5.99. The third-order valence-electron chi connectivity index (χ3n) is 3.36. The van der Waals surface area contributed by atoms with Crippen molar-refractivity contribution >= 4 is 32.7 Å². The van der Waals surface area contributed by atoms with E-state index in [4.69, 9.17) is 4.74 Å². The number of benzene rings is 1. The number of aromatic nitrogens is 1. The maximum absolute atomic E-state index is 12.4. The average molecular weight is 305 g/mol. The second-order valence-corrected chi connectivity index (χ2v) is 7.02. The Balaban J connectivity index is 1.73. The van der Waals surface area contributed by atoms with Crippen LogP contribution >= 0.6 is 11.3 Å². The number of nitrogens with one attached hydrogen (secondary N) is 1. The summed E-state index contributed by atoms with van der Waals surface area (Å²) < 4.78 is 6.89. The van der Waals surface area contributed by atoms with Gasteiger partial charge in [-0.2, -0.15) is 0 Å². The molecule has 6 heteroatoms. The zero-order chi connectivity index (χ0) is 15.0. The van der Waals surface area contributed by atoms with Gasteiger partial charge in [0.1, 0.15) is 0 Å². The summed E-state index contributed by atoms with van der Waals surface area (Å²) in [5, 5.41) is 3.54. The zero-order valence-corrected chi connectivity index (χ0v) is 13.2. The second kappa shape index (κ2) is 5.27. The molecule has 5 nitrogen and oxygen atoms in total. The molecule has 112 valence electrons. The van der Waals surface area contributed by atoms with E-state index < -0.39 is 0 Å². The van der Waals surface area contributed by atoms with Crippen LogP contribution in [0.1, 0.15) is 20.8 Å². The molecule has 1 aliphatic rings. The molecule has 0 bridgehead atoms. The van der Waals surface area contributed by atoms with Gasteiger partial charge in [-0.1, -0.05) is 23.5 Å². The van der Waals surface area contributed by atoms with E-state index in [0.29, 0.717) is 18.2 Å². The lowest BCUT2D eigenvalue weighted by atomic mass is 10.1. The van der Waals surface area contributed by atoms with Gasteiger partial charge in [0.05, 0.1) is 28.5 Å². The van der Waals surface area contributed by atoms with Crippen molar-refractivity contribution in [2.24, 2.45) is 0 Å². The number of carbonyl (C=O) groups is 1. The molecule has 1 N–H and O–H groups in total. The van der Waals surface area contributed by atoms with Gasteiger partial charge in [-0.15, -0.1) is 0 Å². The number of ether oxygens (including phenoxy) is 1. The largest absolute Gasteiger partial charge is 0.369 e. The van der Waals surface area contributed by atoms with Gasteiger partial charge in [0.2, 0.25) is 0 Å². The molecular formula is C15H19N3O2S. The minimum atomic E-state index is -0.317. The smallest absolute Gasteiger partial charge is 0.323 e. The highest BCUT2D eigenvalue weighted by molar-refractivity contribution is 7.22. The first-order valence-electron chi connectivity index (χ1n) is 7.02. The molecular weight excluding hydrogens is 286 g/mol. The number of thiazole rings is 1. The molecule has 1 fully saturated rings. The monoisotopic (exact) mass is 305 g/mol. The van der Waals surface area contributed by atoms with Gasteiger partial charge in [0.25, 0.3) is 0 Å². The van der Waals surface area contributed by atoms with Crippen LogP contribution in [-0.4, -0.2) is 40.7 Å². The van der Waals surface area contributed by atoms with Crippen molar-refractivity contribution in [1.29, 1.82) is 0 Å². The van der Waals surface area contributed by atoms with Gasteiger partial charge in [-0.05, 0) is 32.9 Å². The Bertz CT molecular complexity index is 635. The van der Waals surface area contributed by atoms with E-state index in [1.165, 1.54) is 11.3 Å². The van der Waals surface area contributed by atoms with Gasteiger partial charge < -0.3 is 9.64 Å². The summed E-state index contributed by atoms with van der Waals surface area (Å²) in [4.78, 5) is 18.6. The molecule has 0 aliphatic carbocycles. The van der Waals surface area contributed by atoms with Gasteiger partial charge in [-0.3, -0.25) is 5.32 Å². The van der Waals surface area contributed by atoms with E-state index in [1.54, 1.807) is 4.90 Å². The molecule has 2 aromatic rings. The summed E-state index contributed by atoms with van der Waals surface area (Å²) in [5.74, 6) is 0. The van der Waals surface area contributed by atoms with Gasteiger partial charge in [0.15, 0.2) is 5.13 Å². The lowest BCUT2D eigenvalue weighted by molar-refractivity contribution is -0.116. The maximum atomic E-state index is 12.4. The van der Waals surface area contributed by atoms with Crippen molar-refractivity contribution in [3.63, 3.8) is 0 Å². The average Bonchev–Trinajstić information content (AvgIpc) is 2.78. The summed E-state index contributed by atoms with van der Waals surface area (Å²) in [6.45, 7) is 7.16. The number of urea groups is 1. The van der Waals surface area contributed by atoms with Crippen molar-refractivity contribution in [1.82, 2.24) is 9.88 Å². The first-order chi connectivity index (χ1) is 9.93. The normalized spacial score (nSPS) is 21.5. The topological polar surface area (TPSA) is 54.5 Å². The lowest BCUT2D eigenvalue weighted by Crippen LogP contribution is -2.54. The molecule has 0 radical (unpaired) electrons. The Kier molecular flexibility index (Phi) is 3.59. The summed E-state index contributed by atoms with van der Waals surface area (Å²) in [6, 6.07) is 7.75. The number of hydrogen-bond donors (Lipinski definition) is 1. The molecule has 0 spiro atoms. The van der Waals surface area contributed by atoms with Crippen molar-refractivity contribution in [3.05, 3.63) is 24.3 Å². The Labute approximate surface area is 127 Å². The highest BCUT2D eigenvalue weighted by atomic mass is 32.1. The highest BCUT2D eigenvalue weighted by Gasteiger charge is 2.33. The van der Waals surface area contributed by atoms with E-state index in [-0.39, 0.29) is 17.7 Å². The SMILES string of the molecule is CC1CN(C(=O)Nc2nc3ccccc3s2)CC(C)(C)O1. The maximum Gasteiger partial charge on any atom is 0.323 e. The zero-order valence-electron chi connectivity index (χ0n) is 12.4. The van der Waals surface area contributed by atoms with Gasteiger partial charge in [-0.25, -0.2) is 9.78 Å². The lowest BCUT2D eigenvalue weighted by Gasteiger charge is -2.41. The quantitative estimate of drug-likeness (QED) is 0.879.